The molecular weight excluding hydrogens is 198 g/mol. The molecule has 0 aliphatic rings. The summed E-state index contributed by atoms with van der Waals surface area (Å²) >= 11 is 0. The summed E-state index contributed by atoms with van der Waals surface area (Å²) in [7, 11) is 1.56. The first kappa shape index (κ1) is 12.2. The van der Waals surface area contributed by atoms with Crippen LogP contribution in [0.3, 0.4) is 0 Å². The molecule has 0 spiro atoms. The minimum absolute atomic E-state index is 0.0291. The van der Waals surface area contributed by atoms with E-state index in [-0.39, 0.29) is 12.6 Å². The van der Waals surface area contributed by atoms with Crippen LogP contribution in [0, 0.1) is 0 Å². The molecule has 0 aliphatic carbocycles. The lowest BCUT2D eigenvalue weighted by Crippen LogP contribution is -2.38. The normalized spacial score (nSPS) is 15.1. The quantitative estimate of drug-likeness (QED) is 0.592. The molecule has 1 rings (SSSR count). The molecule has 0 saturated heterocycles. The van der Waals surface area contributed by atoms with E-state index in [1.807, 2.05) is 0 Å². The molecule has 0 amide bonds. The summed E-state index contributed by atoms with van der Waals surface area (Å²) in [5.74, 6) is 0.511. The van der Waals surface area contributed by atoms with Gasteiger partial charge >= 0.3 is 0 Å². The van der Waals surface area contributed by atoms with Crippen molar-refractivity contribution in [3.63, 3.8) is 0 Å². The van der Waals surface area contributed by atoms with Crippen LogP contribution in [0.5, 0.6) is 0 Å². The number of furan rings is 1. The number of hydrogen-bond donors (Lipinski definition) is 3. The van der Waals surface area contributed by atoms with Crippen molar-refractivity contribution in [2.45, 2.75) is 12.1 Å². The van der Waals surface area contributed by atoms with Gasteiger partial charge in [0.05, 0.1) is 25.5 Å². The third-order valence-corrected chi connectivity index (χ3v) is 2.06. The van der Waals surface area contributed by atoms with Gasteiger partial charge in [-0.25, -0.2) is 0 Å². The van der Waals surface area contributed by atoms with E-state index in [9.17, 15) is 5.11 Å². The zero-order chi connectivity index (χ0) is 11.1. The molecule has 1 aromatic rings. The highest BCUT2D eigenvalue weighted by molar-refractivity contribution is 5.02. The molecule has 1 aromatic heterocycles. The first-order valence-corrected chi connectivity index (χ1v) is 4.82. The Morgan fingerprint density at radius 3 is 2.93 bits per heavy atom. The SMILES string of the molecule is COCC(CO)NCC(O)c1ccco1. The van der Waals surface area contributed by atoms with Crippen molar-refractivity contribution in [1.29, 1.82) is 0 Å². The molecule has 3 N–H and O–H groups in total. The number of nitrogens with one attached hydrogen (secondary N) is 1. The van der Waals surface area contributed by atoms with Gasteiger partial charge in [0.1, 0.15) is 11.9 Å². The van der Waals surface area contributed by atoms with Crippen molar-refractivity contribution >= 4 is 0 Å². The fourth-order valence-corrected chi connectivity index (χ4v) is 1.24. The minimum Gasteiger partial charge on any atom is -0.467 e. The molecule has 0 fully saturated rings. The van der Waals surface area contributed by atoms with Crippen molar-refractivity contribution in [3.05, 3.63) is 24.2 Å². The summed E-state index contributed by atoms with van der Waals surface area (Å²) in [5.41, 5.74) is 0. The summed E-state index contributed by atoms with van der Waals surface area (Å²) in [5, 5.41) is 21.6. The van der Waals surface area contributed by atoms with Crippen LogP contribution in [0.4, 0.5) is 0 Å². The molecule has 5 nitrogen and oxygen atoms in total. The Morgan fingerprint density at radius 1 is 1.60 bits per heavy atom. The Morgan fingerprint density at radius 2 is 2.40 bits per heavy atom. The third-order valence-electron chi connectivity index (χ3n) is 2.06. The zero-order valence-electron chi connectivity index (χ0n) is 8.72. The molecule has 0 bridgehead atoms. The Hall–Kier alpha value is -0.880. The van der Waals surface area contributed by atoms with Gasteiger partial charge in [-0.05, 0) is 12.1 Å². The van der Waals surface area contributed by atoms with Crippen molar-refractivity contribution in [1.82, 2.24) is 5.32 Å². The van der Waals surface area contributed by atoms with Gasteiger partial charge in [-0.1, -0.05) is 0 Å². The summed E-state index contributed by atoms with van der Waals surface area (Å²) < 4.78 is 9.93. The molecule has 1 heterocycles. The zero-order valence-corrected chi connectivity index (χ0v) is 8.72. The molecule has 0 aliphatic heterocycles. The van der Waals surface area contributed by atoms with E-state index in [0.717, 1.165) is 0 Å². The molecule has 15 heavy (non-hydrogen) atoms. The van der Waals surface area contributed by atoms with Crippen LogP contribution in [-0.2, 0) is 4.74 Å². The lowest BCUT2D eigenvalue weighted by molar-refractivity contribution is 0.104. The summed E-state index contributed by atoms with van der Waals surface area (Å²) in [6.45, 7) is 0.697. The van der Waals surface area contributed by atoms with Gasteiger partial charge < -0.3 is 24.7 Å². The Balaban J connectivity index is 2.29. The third kappa shape index (κ3) is 4.01. The van der Waals surface area contributed by atoms with Gasteiger partial charge in [0.25, 0.3) is 0 Å². The average molecular weight is 215 g/mol. The molecule has 2 unspecified atom stereocenters. The molecule has 0 radical (unpaired) electrons. The van der Waals surface area contributed by atoms with E-state index in [0.29, 0.717) is 18.9 Å². The molecule has 5 heteroatoms. The number of rotatable bonds is 7. The van der Waals surface area contributed by atoms with Crippen LogP contribution >= 0.6 is 0 Å². The van der Waals surface area contributed by atoms with Crippen LogP contribution in [0.1, 0.15) is 11.9 Å². The van der Waals surface area contributed by atoms with Gasteiger partial charge in [0.2, 0.25) is 0 Å². The van der Waals surface area contributed by atoms with Crippen LogP contribution < -0.4 is 5.32 Å². The fraction of sp³-hybridized carbons (Fsp3) is 0.600. The van der Waals surface area contributed by atoms with E-state index in [2.05, 4.69) is 5.32 Å². The molecule has 86 valence electrons. The number of aliphatic hydroxyl groups excluding tert-OH is 2. The second kappa shape index (κ2) is 6.58. The second-order valence-corrected chi connectivity index (χ2v) is 3.27. The van der Waals surface area contributed by atoms with Crippen LogP contribution in [0.25, 0.3) is 0 Å². The summed E-state index contributed by atoms with van der Waals surface area (Å²) in [4.78, 5) is 0. The summed E-state index contributed by atoms with van der Waals surface area (Å²) in [6.07, 6.45) is 0.808. The standard InChI is InChI=1S/C10H17NO4/c1-14-7-8(6-12)11-5-9(13)10-3-2-4-15-10/h2-4,8-9,11-13H,5-7H2,1H3. The van der Waals surface area contributed by atoms with Gasteiger partial charge in [-0.3, -0.25) is 0 Å². The number of ether oxygens (including phenoxy) is 1. The van der Waals surface area contributed by atoms with Crippen molar-refractivity contribution in [2.75, 3.05) is 26.9 Å². The number of aliphatic hydroxyl groups is 2. The molecule has 0 saturated carbocycles. The van der Waals surface area contributed by atoms with Gasteiger partial charge in [-0.15, -0.1) is 0 Å². The Bertz CT molecular complexity index is 250. The smallest absolute Gasteiger partial charge is 0.133 e. The largest absolute Gasteiger partial charge is 0.467 e. The predicted molar refractivity (Wildman–Crippen MR) is 54.4 cm³/mol. The monoisotopic (exact) mass is 215 g/mol. The fourth-order valence-electron chi connectivity index (χ4n) is 1.24. The first-order chi connectivity index (χ1) is 7.27. The molecule has 0 aromatic carbocycles. The van der Waals surface area contributed by atoms with E-state index in [4.69, 9.17) is 14.3 Å². The topological polar surface area (TPSA) is 74.9 Å². The second-order valence-electron chi connectivity index (χ2n) is 3.27. The number of hydrogen-bond acceptors (Lipinski definition) is 5. The van der Waals surface area contributed by atoms with E-state index in [1.165, 1.54) is 6.26 Å². The lowest BCUT2D eigenvalue weighted by Gasteiger charge is -2.17. The van der Waals surface area contributed by atoms with Crippen molar-refractivity contribution in [3.8, 4) is 0 Å². The van der Waals surface area contributed by atoms with Gasteiger partial charge in [0.15, 0.2) is 0 Å². The predicted octanol–water partition coefficient (Wildman–Crippen LogP) is -0.0901. The molecular formula is C10H17NO4. The maximum atomic E-state index is 9.64. The first-order valence-electron chi connectivity index (χ1n) is 4.82. The van der Waals surface area contributed by atoms with Crippen LogP contribution in [0.15, 0.2) is 22.8 Å². The average Bonchev–Trinajstić information content (AvgIpc) is 2.77. The molecule has 2 atom stereocenters. The Labute approximate surface area is 88.7 Å². The highest BCUT2D eigenvalue weighted by Gasteiger charge is 2.13. The maximum absolute atomic E-state index is 9.64. The minimum atomic E-state index is -0.703. The highest BCUT2D eigenvalue weighted by atomic mass is 16.5. The van der Waals surface area contributed by atoms with Gasteiger partial charge in [-0.2, -0.15) is 0 Å². The highest BCUT2D eigenvalue weighted by Crippen LogP contribution is 2.11. The van der Waals surface area contributed by atoms with Crippen LogP contribution in [0.2, 0.25) is 0 Å². The maximum Gasteiger partial charge on any atom is 0.133 e. The number of methoxy groups -OCH3 is 1. The van der Waals surface area contributed by atoms with Gasteiger partial charge in [0, 0.05) is 13.7 Å². The van der Waals surface area contributed by atoms with Crippen LogP contribution in [-0.4, -0.2) is 43.1 Å². The summed E-state index contributed by atoms with van der Waals surface area (Å²) in [6, 6.07) is 3.26. The van der Waals surface area contributed by atoms with E-state index in [1.54, 1.807) is 19.2 Å². The van der Waals surface area contributed by atoms with Crippen molar-refractivity contribution < 1.29 is 19.4 Å². The van der Waals surface area contributed by atoms with E-state index < -0.39 is 6.10 Å². The lowest BCUT2D eigenvalue weighted by atomic mass is 10.2. The Kier molecular flexibility index (Phi) is 5.34. The van der Waals surface area contributed by atoms with Crippen molar-refractivity contribution in [2.24, 2.45) is 0 Å². The van der Waals surface area contributed by atoms with E-state index >= 15 is 0 Å².